The van der Waals surface area contributed by atoms with Crippen LogP contribution in [0.5, 0.6) is 0 Å². The summed E-state index contributed by atoms with van der Waals surface area (Å²) in [4.78, 5) is 7.17. The summed E-state index contributed by atoms with van der Waals surface area (Å²) in [7, 11) is 0. The van der Waals surface area contributed by atoms with Crippen molar-refractivity contribution in [3.05, 3.63) is 36.2 Å². The molecule has 3 heterocycles. The van der Waals surface area contributed by atoms with Crippen LogP contribution in [0.3, 0.4) is 0 Å². The molecule has 0 saturated carbocycles. The smallest absolute Gasteiger partial charge is 0.0883 e. The van der Waals surface area contributed by atoms with Crippen molar-refractivity contribution < 1.29 is 0 Å². The Hall–Kier alpha value is -1.68. The van der Waals surface area contributed by atoms with Crippen LogP contribution >= 0.6 is 0 Å². The molecule has 21 heavy (non-hydrogen) atoms. The predicted molar refractivity (Wildman–Crippen MR) is 84.9 cm³/mol. The Bertz CT molecular complexity index is 552. The Morgan fingerprint density at radius 2 is 1.95 bits per heavy atom. The lowest BCUT2D eigenvalue weighted by Crippen LogP contribution is -2.29. The van der Waals surface area contributed by atoms with Gasteiger partial charge in [-0.05, 0) is 50.0 Å². The molecule has 4 nitrogen and oxygen atoms in total. The molecule has 0 unspecified atom stereocenters. The topological polar surface area (TPSA) is 34.0 Å². The van der Waals surface area contributed by atoms with Gasteiger partial charge in [0.15, 0.2) is 0 Å². The molecule has 4 heteroatoms. The van der Waals surface area contributed by atoms with Crippen LogP contribution in [0, 0.1) is 0 Å². The summed E-state index contributed by atoms with van der Waals surface area (Å²) in [5.74, 6) is 0. The third-order valence-electron chi connectivity index (χ3n) is 4.09. The Kier molecular flexibility index (Phi) is 4.65. The lowest BCUT2D eigenvalue weighted by molar-refractivity contribution is 0.220. The van der Waals surface area contributed by atoms with Crippen molar-refractivity contribution in [1.29, 1.82) is 0 Å². The van der Waals surface area contributed by atoms with Crippen molar-refractivity contribution in [1.82, 2.24) is 19.7 Å². The SMILES string of the molecule is CCCn1nccc1-c1ccc(CN2CCCCC2)cn1. The van der Waals surface area contributed by atoms with Crippen LogP contribution in [-0.2, 0) is 13.1 Å². The molecular formula is C17H24N4. The van der Waals surface area contributed by atoms with E-state index < -0.39 is 0 Å². The van der Waals surface area contributed by atoms with Crippen molar-refractivity contribution in [2.24, 2.45) is 0 Å². The molecule has 3 rings (SSSR count). The van der Waals surface area contributed by atoms with Crippen LogP contribution in [0.25, 0.3) is 11.4 Å². The van der Waals surface area contributed by atoms with Crippen molar-refractivity contribution in [3.8, 4) is 11.4 Å². The van der Waals surface area contributed by atoms with Crippen LogP contribution in [0.2, 0.25) is 0 Å². The van der Waals surface area contributed by atoms with E-state index in [1.165, 1.54) is 37.9 Å². The number of nitrogens with zero attached hydrogens (tertiary/aromatic N) is 4. The Labute approximate surface area is 126 Å². The molecule has 0 atom stereocenters. The van der Waals surface area contributed by atoms with Crippen LogP contribution in [0.15, 0.2) is 30.6 Å². The molecule has 2 aromatic rings. The Balaban J connectivity index is 1.69. The maximum Gasteiger partial charge on any atom is 0.0883 e. The molecule has 0 N–H and O–H groups in total. The molecule has 0 aromatic carbocycles. The van der Waals surface area contributed by atoms with E-state index in [0.717, 1.165) is 30.9 Å². The number of aromatic nitrogens is 3. The summed E-state index contributed by atoms with van der Waals surface area (Å²) >= 11 is 0. The van der Waals surface area contributed by atoms with Crippen LogP contribution in [0.4, 0.5) is 0 Å². The normalized spacial score (nSPS) is 16.2. The van der Waals surface area contributed by atoms with Gasteiger partial charge in [-0.2, -0.15) is 5.10 Å². The van der Waals surface area contributed by atoms with Crippen molar-refractivity contribution >= 4 is 0 Å². The standard InChI is InChI=1S/C17H24N4/c1-2-10-21-17(8-9-19-21)16-7-6-15(13-18-16)14-20-11-4-3-5-12-20/h6-9,13H,2-5,10-12,14H2,1H3. The number of rotatable bonds is 5. The number of hydrogen-bond donors (Lipinski definition) is 0. The largest absolute Gasteiger partial charge is 0.299 e. The zero-order valence-electron chi connectivity index (χ0n) is 12.8. The highest BCUT2D eigenvalue weighted by atomic mass is 15.3. The molecule has 1 fully saturated rings. The van der Waals surface area contributed by atoms with E-state index >= 15 is 0 Å². The first-order chi connectivity index (χ1) is 10.4. The zero-order chi connectivity index (χ0) is 14.5. The number of hydrogen-bond acceptors (Lipinski definition) is 3. The van der Waals surface area contributed by atoms with Crippen LogP contribution in [-0.4, -0.2) is 32.8 Å². The molecule has 1 saturated heterocycles. The first kappa shape index (κ1) is 14.3. The molecule has 1 aliphatic heterocycles. The summed E-state index contributed by atoms with van der Waals surface area (Å²) in [5, 5.41) is 4.37. The predicted octanol–water partition coefficient (Wildman–Crippen LogP) is 3.34. The fourth-order valence-corrected chi connectivity index (χ4v) is 2.99. The highest BCUT2D eigenvalue weighted by molar-refractivity contribution is 5.54. The van der Waals surface area contributed by atoms with Crippen molar-refractivity contribution in [2.75, 3.05) is 13.1 Å². The Morgan fingerprint density at radius 1 is 1.10 bits per heavy atom. The van der Waals surface area contributed by atoms with Crippen molar-refractivity contribution in [3.63, 3.8) is 0 Å². The maximum absolute atomic E-state index is 4.64. The van der Waals surface area contributed by atoms with E-state index in [4.69, 9.17) is 0 Å². The zero-order valence-corrected chi connectivity index (χ0v) is 12.8. The van der Waals surface area contributed by atoms with Gasteiger partial charge in [0.2, 0.25) is 0 Å². The van der Waals surface area contributed by atoms with E-state index in [0.29, 0.717) is 0 Å². The van der Waals surface area contributed by atoms with Crippen LogP contribution < -0.4 is 0 Å². The Morgan fingerprint density at radius 3 is 2.67 bits per heavy atom. The molecule has 0 radical (unpaired) electrons. The molecule has 0 aliphatic carbocycles. The van der Waals surface area contributed by atoms with Crippen LogP contribution in [0.1, 0.15) is 38.2 Å². The quantitative estimate of drug-likeness (QED) is 0.844. The van der Waals surface area contributed by atoms with Gasteiger partial charge in [-0.15, -0.1) is 0 Å². The second kappa shape index (κ2) is 6.85. The average Bonchev–Trinajstić information content (AvgIpc) is 2.98. The molecule has 2 aromatic heterocycles. The summed E-state index contributed by atoms with van der Waals surface area (Å²) in [6, 6.07) is 6.38. The summed E-state index contributed by atoms with van der Waals surface area (Å²) in [6.45, 7) is 6.59. The van der Waals surface area contributed by atoms with Gasteiger partial charge < -0.3 is 0 Å². The molecule has 0 bridgehead atoms. The molecule has 0 spiro atoms. The third kappa shape index (κ3) is 3.50. The highest BCUT2D eigenvalue weighted by Crippen LogP contribution is 2.18. The van der Waals surface area contributed by atoms with Gasteiger partial charge in [-0.25, -0.2) is 0 Å². The van der Waals surface area contributed by atoms with E-state index in [-0.39, 0.29) is 0 Å². The number of aryl methyl sites for hydroxylation is 1. The summed E-state index contributed by atoms with van der Waals surface area (Å²) in [6.07, 6.45) is 9.02. The maximum atomic E-state index is 4.64. The molecule has 0 amide bonds. The minimum atomic E-state index is 0.944. The minimum absolute atomic E-state index is 0.944. The third-order valence-corrected chi connectivity index (χ3v) is 4.09. The second-order valence-electron chi connectivity index (χ2n) is 5.83. The van der Waals surface area contributed by atoms with Crippen molar-refractivity contribution in [2.45, 2.75) is 45.7 Å². The van der Waals surface area contributed by atoms with E-state index in [1.54, 1.807) is 0 Å². The van der Waals surface area contributed by atoms with Gasteiger partial charge >= 0.3 is 0 Å². The van der Waals surface area contributed by atoms with E-state index in [9.17, 15) is 0 Å². The molecule has 112 valence electrons. The van der Waals surface area contributed by atoms with Gasteiger partial charge in [-0.1, -0.05) is 19.4 Å². The lowest BCUT2D eigenvalue weighted by atomic mass is 10.1. The van der Waals surface area contributed by atoms with Gasteiger partial charge in [0, 0.05) is 25.5 Å². The first-order valence-corrected chi connectivity index (χ1v) is 8.06. The van der Waals surface area contributed by atoms with E-state index in [2.05, 4.69) is 34.0 Å². The molecule has 1 aliphatic rings. The summed E-state index contributed by atoms with van der Waals surface area (Å²) in [5.41, 5.74) is 3.44. The fraction of sp³-hybridized carbons (Fsp3) is 0.529. The lowest BCUT2D eigenvalue weighted by Gasteiger charge is -2.26. The first-order valence-electron chi connectivity index (χ1n) is 8.06. The summed E-state index contributed by atoms with van der Waals surface area (Å²) < 4.78 is 2.03. The number of pyridine rings is 1. The average molecular weight is 284 g/mol. The molecular weight excluding hydrogens is 260 g/mol. The minimum Gasteiger partial charge on any atom is -0.299 e. The van der Waals surface area contributed by atoms with Gasteiger partial charge in [0.05, 0.1) is 11.4 Å². The van der Waals surface area contributed by atoms with Gasteiger partial charge in [0.25, 0.3) is 0 Å². The highest BCUT2D eigenvalue weighted by Gasteiger charge is 2.11. The van der Waals surface area contributed by atoms with Gasteiger partial charge in [0.1, 0.15) is 0 Å². The number of likely N-dealkylation sites (tertiary alicyclic amines) is 1. The monoisotopic (exact) mass is 284 g/mol. The second-order valence-corrected chi connectivity index (χ2v) is 5.83. The van der Waals surface area contributed by atoms with E-state index in [1.807, 2.05) is 23.1 Å². The fourth-order valence-electron chi connectivity index (χ4n) is 2.99. The van der Waals surface area contributed by atoms with Gasteiger partial charge in [-0.3, -0.25) is 14.6 Å². The number of piperidine rings is 1.